The zero-order chi connectivity index (χ0) is 12.6. The summed E-state index contributed by atoms with van der Waals surface area (Å²) >= 11 is 5.50. The fraction of sp³-hybridized carbons (Fsp3) is 0.923. The molecule has 0 bridgehead atoms. The normalized spacial score (nSPS) is 34.9. The predicted octanol–water partition coefficient (Wildman–Crippen LogP) is 3.07. The summed E-state index contributed by atoms with van der Waals surface area (Å²) in [5.41, 5.74) is -0.0674. The van der Waals surface area contributed by atoms with Crippen LogP contribution in [0, 0.1) is 11.8 Å². The Balaban J connectivity index is 2.76. The number of nitrogens with one attached hydrogen (secondary N) is 2. The van der Waals surface area contributed by atoms with Crippen molar-refractivity contribution in [2.75, 3.05) is 0 Å². The van der Waals surface area contributed by atoms with E-state index in [1.165, 1.54) is 0 Å². The summed E-state index contributed by atoms with van der Waals surface area (Å²) in [6.45, 7) is 13.4. The summed E-state index contributed by atoms with van der Waals surface area (Å²) in [6, 6.07) is 0. The van der Waals surface area contributed by atoms with Crippen LogP contribution in [0.5, 0.6) is 0 Å². The van der Waals surface area contributed by atoms with Gasteiger partial charge in [0.2, 0.25) is 0 Å². The highest BCUT2D eigenvalue weighted by Gasteiger charge is 2.45. The first kappa shape index (κ1) is 13.9. The molecular weight excluding hydrogens is 216 g/mol. The van der Waals surface area contributed by atoms with E-state index in [-0.39, 0.29) is 11.2 Å². The second kappa shape index (κ2) is 4.61. The van der Waals surface area contributed by atoms with Gasteiger partial charge in [-0.1, -0.05) is 39.9 Å². The molecule has 2 nitrogen and oxygen atoms in total. The molecule has 0 amide bonds. The zero-order valence-electron chi connectivity index (χ0n) is 11.5. The molecular formula is C13H26N2S. The predicted molar refractivity (Wildman–Crippen MR) is 74.6 cm³/mol. The van der Waals surface area contributed by atoms with Crippen LogP contribution in [0.4, 0.5) is 0 Å². The van der Waals surface area contributed by atoms with Gasteiger partial charge in [-0.3, -0.25) is 5.32 Å². The molecule has 94 valence electrons. The molecule has 3 heteroatoms. The van der Waals surface area contributed by atoms with Gasteiger partial charge in [0, 0.05) is 0 Å². The third-order valence-corrected chi connectivity index (χ3v) is 3.63. The van der Waals surface area contributed by atoms with Gasteiger partial charge in [-0.2, -0.15) is 0 Å². The van der Waals surface area contributed by atoms with Crippen LogP contribution in [-0.4, -0.2) is 16.2 Å². The van der Waals surface area contributed by atoms with Crippen LogP contribution in [0.1, 0.15) is 54.4 Å². The molecule has 0 aliphatic carbocycles. The summed E-state index contributed by atoms with van der Waals surface area (Å²) in [5.74, 6) is 1.31. The minimum atomic E-state index is -0.0346. The van der Waals surface area contributed by atoms with E-state index in [0.717, 1.165) is 17.8 Å². The molecule has 16 heavy (non-hydrogen) atoms. The summed E-state index contributed by atoms with van der Waals surface area (Å²) in [6.07, 6.45) is 2.19. The highest BCUT2D eigenvalue weighted by atomic mass is 32.1. The average molecular weight is 242 g/mol. The van der Waals surface area contributed by atoms with Crippen LogP contribution >= 0.6 is 12.2 Å². The van der Waals surface area contributed by atoms with Gasteiger partial charge < -0.3 is 5.32 Å². The highest BCUT2D eigenvalue weighted by molar-refractivity contribution is 7.80. The van der Waals surface area contributed by atoms with Gasteiger partial charge in [-0.05, 0) is 38.5 Å². The quantitative estimate of drug-likeness (QED) is 0.741. The minimum Gasteiger partial charge on any atom is -0.360 e. The molecule has 0 aromatic carbocycles. The lowest BCUT2D eigenvalue weighted by atomic mass is 9.91. The van der Waals surface area contributed by atoms with Gasteiger partial charge in [-0.15, -0.1) is 0 Å². The molecule has 0 saturated carbocycles. The molecule has 0 aromatic heterocycles. The van der Waals surface area contributed by atoms with Crippen molar-refractivity contribution in [1.29, 1.82) is 0 Å². The van der Waals surface area contributed by atoms with Crippen LogP contribution in [-0.2, 0) is 0 Å². The Morgan fingerprint density at radius 1 is 1.06 bits per heavy atom. The van der Waals surface area contributed by atoms with Crippen molar-refractivity contribution in [1.82, 2.24) is 10.6 Å². The van der Waals surface area contributed by atoms with E-state index in [1.807, 2.05) is 0 Å². The molecule has 1 saturated heterocycles. The lowest BCUT2D eigenvalue weighted by molar-refractivity contribution is 0.251. The third-order valence-electron chi connectivity index (χ3n) is 3.08. The van der Waals surface area contributed by atoms with Crippen molar-refractivity contribution in [2.24, 2.45) is 11.8 Å². The Labute approximate surface area is 106 Å². The van der Waals surface area contributed by atoms with Crippen LogP contribution in [0.3, 0.4) is 0 Å². The smallest absolute Gasteiger partial charge is 0.0969 e. The number of rotatable bonds is 4. The molecule has 0 spiro atoms. The van der Waals surface area contributed by atoms with E-state index in [1.54, 1.807) is 0 Å². The van der Waals surface area contributed by atoms with Gasteiger partial charge in [0.05, 0.1) is 16.2 Å². The second-order valence-corrected chi connectivity index (χ2v) is 6.85. The van der Waals surface area contributed by atoms with Gasteiger partial charge in [0.25, 0.3) is 0 Å². The van der Waals surface area contributed by atoms with E-state index in [0.29, 0.717) is 11.8 Å². The molecule has 0 aromatic rings. The summed E-state index contributed by atoms with van der Waals surface area (Å²) in [5, 5.41) is 7.18. The largest absolute Gasteiger partial charge is 0.360 e. The van der Waals surface area contributed by atoms with Crippen molar-refractivity contribution < 1.29 is 0 Å². The molecule has 2 unspecified atom stereocenters. The third kappa shape index (κ3) is 3.17. The topological polar surface area (TPSA) is 24.1 Å². The first-order valence-corrected chi connectivity index (χ1v) is 6.70. The van der Waals surface area contributed by atoms with Crippen molar-refractivity contribution in [3.8, 4) is 0 Å². The van der Waals surface area contributed by atoms with E-state index in [9.17, 15) is 0 Å². The van der Waals surface area contributed by atoms with Crippen molar-refractivity contribution in [2.45, 2.75) is 65.6 Å². The monoisotopic (exact) mass is 242 g/mol. The lowest BCUT2D eigenvalue weighted by Crippen LogP contribution is -2.51. The van der Waals surface area contributed by atoms with Crippen molar-refractivity contribution in [3.63, 3.8) is 0 Å². The van der Waals surface area contributed by atoms with Crippen LogP contribution in [0.15, 0.2) is 0 Å². The molecule has 1 rings (SSSR count). The maximum Gasteiger partial charge on any atom is 0.0969 e. The fourth-order valence-corrected chi connectivity index (χ4v) is 3.32. The van der Waals surface area contributed by atoms with Gasteiger partial charge in [0.15, 0.2) is 0 Å². The van der Waals surface area contributed by atoms with Gasteiger partial charge in [-0.25, -0.2) is 0 Å². The molecule has 0 radical (unpaired) electrons. The molecule has 1 aliphatic heterocycles. The fourth-order valence-electron chi connectivity index (χ4n) is 2.96. The first-order valence-electron chi connectivity index (χ1n) is 6.29. The van der Waals surface area contributed by atoms with E-state index < -0.39 is 0 Å². The number of hydrogen-bond acceptors (Lipinski definition) is 2. The summed E-state index contributed by atoms with van der Waals surface area (Å²) in [7, 11) is 0. The van der Waals surface area contributed by atoms with Crippen molar-refractivity contribution >= 4 is 17.2 Å². The highest BCUT2D eigenvalue weighted by Crippen LogP contribution is 2.29. The van der Waals surface area contributed by atoms with E-state index in [4.69, 9.17) is 12.2 Å². The van der Waals surface area contributed by atoms with E-state index in [2.05, 4.69) is 52.2 Å². The average Bonchev–Trinajstić information content (AvgIpc) is 2.17. The van der Waals surface area contributed by atoms with Gasteiger partial charge in [0.1, 0.15) is 0 Å². The van der Waals surface area contributed by atoms with Crippen LogP contribution in [0.25, 0.3) is 0 Å². The molecule has 1 fully saturated rings. The Morgan fingerprint density at radius 3 is 2.00 bits per heavy atom. The number of thiocarbonyl (C=S) groups is 1. The van der Waals surface area contributed by atoms with Crippen LogP contribution in [0.2, 0.25) is 0 Å². The molecule has 2 atom stereocenters. The maximum atomic E-state index is 5.50. The first-order chi connectivity index (χ1) is 7.17. The van der Waals surface area contributed by atoms with Crippen molar-refractivity contribution in [3.05, 3.63) is 0 Å². The molecule has 1 heterocycles. The second-order valence-electron chi connectivity index (χ2n) is 6.44. The molecule has 1 aliphatic rings. The SMILES string of the molecule is CC(C)CC1(C)NC(=S)C(C)(CC(C)C)N1. The van der Waals surface area contributed by atoms with Gasteiger partial charge >= 0.3 is 0 Å². The standard InChI is InChI=1S/C13H26N2S/c1-9(2)7-12(5)11(16)14-13(6,15-12)8-10(3)4/h9-10,15H,7-8H2,1-6H3,(H,14,16). The number of hydrogen-bond donors (Lipinski definition) is 2. The Morgan fingerprint density at radius 2 is 1.56 bits per heavy atom. The van der Waals surface area contributed by atoms with Crippen LogP contribution < -0.4 is 10.6 Å². The Hall–Kier alpha value is -0.150. The zero-order valence-corrected chi connectivity index (χ0v) is 12.3. The summed E-state index contributed by atoms with van der Waals surface area (Å²) in [4.78, 5) is 0.976. The Bertz CT molecular complexity index is 275. The maximum absolute atomic E-state index is 5.50. The lowest BCUT2D eigenvalue weighted by Gasteiger charge is -2.31. The van der Waals surface area contributed by atoms with E-state index >= 15 is 0 Å². The molecule has 2 N–H and O–H groups in total. The Kier molecular flexibility index (Phi) is 4.01. The minimum absolute atomic E-state index is 0.0328. The summed E-state index contributed by atoms with van der Waals surface area (Å²) < 4.78 is 0.